The molecule has 1 aromatic heterocycles. The zero-order chi connectivity index (χ0) is 15.7. The normalized spacial score (nSPS) is 12.3. The Kier molecular flexibility index (Phi) is 4.04. The fourth-order valence-electron chi connectivity index (χ4n) is 2.13. The summed E-state index contributed by atoms with van der Waals surface area (Å²) in [5.74, 6) is 0.169. The molecule has 0 aliphatic heterocycles. The molecule has 3 aromatic rings. The first kappa shape index (κ1) is 14.9. The molecule has 0 spiro atoms. The fourth-order valence-corrected chi connectivity index (χ4v) is 2.44. The second-order valence-electron chi connectivity index (χ2n) is 4.77. The second-order valence-corrected chi connectivity index (χ2v) is 5.58. The lowest BCUT2D eigenvalue weighted by molar-refractivity contribution is 0.185. The largest absolute Gasteiger partial charge is 0.437 e. The van der Waals surface area contributed by atoms with Crippen LogP contribution in [0.4, 0.5) is 0 Å². The summed E-state index contributed by atoms with van der Waals surface area (Å²) >= 11 is 11.8. The van der Waals surface area contributed by atoms with Crippen molar-refractivity contribution in [1.29, 1.82) is 5.26 Å². The molecule has 1 heterocycles. The Morgan fingerprint density at radius 3 is 2.73 bits per heavy atom. The number of oxazole rings is 1. The molecule has 6 heteroatoms. The van der Waals surface area contributed by atoms with Crippen molar-refractivity contribution in [2.45, 2.75) is 12.5 Å². The summed E-state index contributed by atoms with van der Waals surface area (Å²) in [4.78, 5) is 4.27. The number of aromatic nitrogens is 1. The molecule has 2 aromatic carbocycles. The zero-order valence-corrected chi connectivity index (χ0v) is 12.8. The summed E-state index contributed by atoms with van der Waals surface area (Å²) in [5, 5.41) is 19.9. The first-order valence-electron chi connectivity index (χ1n) is 6.48. The maximum absolute atomic E-state index is 10.4. The number of hydrogen-bond donors (Lipinski definition) is 1. The van der Waals surface area contributed by atoms with Crippen LogP contribution in [0.2, 0.25) is 10.0 Å². The quantitative estimate of drug-likeness (QED) is 0.776. The Hall–Kier alpha value is -2.06. The van der Waals surface area contributed by atoms with Crippen LogP contribution in [-0.4, -0.2) is 10.1 Å². The Morgan fingerprint density at radius 1 is 1.18 bits per heavy atom. The minimum absolute atomic E-state index is 0.169. The highest BCUT2D eigenvalue weighted by Crippen LogP contribution is 2.30. The molecule has 0 bridgehead atoms. The molecule has 0 aliphatic rings. The summed E-state index contributed by atoms with van der Waals surface area (Å²) in [6.45, 7) is 0. The van der Waals surface area contributed by atoms with Gasteiger partial charge in [-0.2, -0.15) is 5.26 Å². The van der Waals surface area contributed by atoms with Gasteiger partial charge in [0.1, 0.15) is 5.52 Å². The molecule has 0 aliphatic carbocycles. The van der Waals surface area contributed by atoms with E-state index in [-0.39, 0.29) is 5.89 Å². The lowest BCUT2D eigenvalue weighted by atomic mass is 10.1. The first-order chi connectivity index (χ1) is 10.6. The van der Waals surface area contributed by atoms with E-state index >= 15 is 0 Å². The number of rotatable bonds is 3. The standard InChI is InChI=1S/C16H10Cl2N2O2/c17-11-3-2-10(8-12(11)18)15(21)16-20-13-4-1-9(5-6-19)7-14(13)22-16/h1-4,7-8,15,21H,5H2. The Bertz CT molecular complexity index is 883. The van der Waals surface area contributed by atoms with Crippen molar-refractivity contribution in [2.75, 3.05) is 0 Å². The molecule has 4 nitrogen and oxygen atoms in total. The van der Waals surface area contributed by atoms with Gasteiger partial charge in [0.25, 0.3) is 0 Å². The minimum atomic E-state index is -1.04. The molecule has 0 radical (unpaired) electrons. The van der Waals surface area contributed by atoms with Crippen LogP contribution in [-0.2, 0) is 6.42 Å². The Balaban J connectivity index is 1.98. The molecule has 110 valence electrons. The van der Waals surface area contributed by atoms with Gasteiger partial charge in [0.05, 0.1) is 22.5 Å². The SMILES string of the molecule is N#CCc1ccc2nc(C(O)c3ccc(Cl)c(Cl)c3)oc2c1. The van der Waals surface area contributed by atoms with Gasteiger partial charge >= 0.3 is 0 Å². The number of hydrogen-bond acceptors (Lipinski definition) is 4. The molecule has 1 unspecified atom stereocenters. The zero-order valence-electron chi connectivity index (χ0n) is 11.3. The maximum atomic E-state index is 10.4. The molecule has 0 saturated carbocycles. The smallest absolute Gasteiger partial charge is 0.228 e. The average Bonchev–Trinajstić information content (AvgIpc) is 2.93. The van der Waals surface area contributed by atoms with Gasteiger partial charge in [0.15, 0.2) is 11.7 Å². The molecule has 0 saturated heterocycles. The van der Waals surface area contributed by atoms with Crippen LogP contribution < -0.4 is 0 Å². The summed E-state index contributed by atoms with van der Waals surface area (Å²) in [7, 11) is 0. The average molecular weight is 333 g/mol. The van der Waals surface area contributed by atoms with Gasteiger partial charge in [0, 0.05) is 0 Å². The number of nitrogens with zero attached hydrogens (tertiary/aromatic N) is 2. The lowest BCUT2D eigenvalue weighted by Crippen LogP contribution is -1.99. The number of benzene rings is 2. The molecular weight excluding hydrogens is 323 g/mol. The molecule has 0 amide bonds. The van der Waals surface area contributed by atoms with Crippen LogP contribution >= 0.6 is 23.2 Å². The van der Waals surface area contributed by atoms with E-state index < -0.39 is 6.10 Å². The molecule has 3 rings (SSSR count). The van der Waals surface area contributed by atoms with Crippen molar-refractivity contribution >= 4 is 34.3 Å². The van der Waals surface area contributed by atoms with Crippen LogP contribution in [0.1, 0.15) is 23.1 Å². The third-order valence-corrected chi connectivity index (χ3v) is 3.98. The highest BCUT2D eigenvalue weighted by molar-refractivity contribution is 6.42. The van der Waals surface area contributed by atoms with Gasteiger partial charge in [-0.05, 0) is 35.4 Å². The van der Waals surface area contributed by atoms with Crippen molar-refractivity contribution in [3.63, 3.8) is 0 Å². The molecule has 1 N–H and O–H groups in total. The van der Waals surface area contributed by atoms with Crippen LogP contribution in [0.25, 0.3) is 11.1 Å². The van der Waals surface area contributed by atoms with Gasteiger partial charge in [-0.15, -0.1) is 0 Å². The predicted molar refractivity (Wildman–Crippen MR) is 83.8 cm³/mol. The van der Waals surface area contributed by atoms with E-state index in [1.54, 1.807) is 30.3 Å². The van der Waals surface area contributed by atoms with Crippen LogP contribution in [0.3, 0.4) is 0 Å². The number of aliphatic hydroxyl groups is 1. The lowest BCUT2D eigenvalue weighted by Gasteiger charge is -2.07. The number of halogens is 2. The van der Waals surface area contributed by atoms with E-state index in [0.29, 0.717) is 33.1 Å². The fraction of sp³-hybridized carbons (Fsp3) is 0.125. The van der Waals surface area contributed by atoms with Gasteiger partial charge in [0.2, 0.25) is 5.89 Å². The van der Waals surface area contributed by atoms with Crippen molar-refractivity contribution in [1.82, 2.24) is 4.98 Å². The highest BCUT2D eigenvalue weighted by Gasteiger charge is 2.18. The third-order valence-electron chi connectivity index (χ3n) is 3.25. The predicted octanol–water partition coefficient (Wildman–Crippen LogP) is 4.28. The molecule has 1 atom stereocenters. The minimum Gasteiger partial charge on any atom is -0.437 e. The van der Waals surface area contributed by atoms with E-state index in [0.717, 1.165) is 5.56 Å². The first-order valence-corrected chi connectivity index (χ1v) is 7.23. The Morgan fingerprint density at radius 2 is 2.00 bits per heavy atom. The monoisotopic (exact) mass is 332 g/mol. The van der Waals surface area contributed by atoms with Crippen LogP contribution in [0.15, 0.2) is 40.8 Å². The topological polar surface area (TPSA) is 70.0 Å². The van der Waals surface area contributed by atoms with Crippen molar-refractivity contribution < 1.29 is 9.52 Å². The van der Waals surface area contributed by atoms with Crippen LogP contribution in [0, 0.1) is 11.3 Å². The van der Waals surface area contributed by atoms with Crippen molar-refractivity contribution in [2.24, 2.45) is 0 Å². The van der Waals surface area contributed by atoms with E-state index in [9.17, 15) is 5.11 Å². The number of nitriles is 1. The van der Waals surface area contributed by atoms with Gasteiger partial charge < -0.3 is 9.52 Å². The van der Waals surface area contributed by atoms with E-state index in [4.69, 9.17) is 32.9 Å². The number of fused-ring (bicyclic) bond motifs is 1. The van der Waals surface area contributed by atoms with Crippen molar-refractivity contribution in [3.8, 4) is 6.07 Å². The van der Waals surface area contributed by atoms with Crippen molar-refractivity contribution in [3.05, 3.63) is 63.5 Å². The molecule has 22 heavy (non-hydrogen) atoms. The maximum Gasteiger partial charge on any atom is 0.228 e. The van der Waals surface area contributed by atoms with Gasteiger partial charge in [-0.3, -0.25) is 0 Å². The van der Waals surface area contributed by atoms with E-state index in [1.807, 2.05) is 6.07 Å². The Labute approximate surface area is 136 Å². The van der Waals surface area contributed by atoms with E-state index in [1.165, 1.54) is 0 Å². The van der Waals surface area contributed by atoms with E-state index in [2.05, 4.69) is 11.1 Å². The summed E-state index contributed by atoms with van der Waals surface area (Å²) < 4.78 is 5.59. The molecule has 0 fully saturated rings. The van der Waals surface area contributed by atoms with Gasteiger partial charge in [-0.25, -0.2) is 4.98 Å². The van der Waals surface area contributed by atoms with Crippen LogP contribution in [0.5, 0.6) is 0 Å². The third kappa shape index (κ3) is 2.79. The number of aliphatic hydroxyl groups excluding tert-OH is 1. The summed E-state index contributed by atoms with van der Waals surface area (Å²) in [5.41, 5.74) is 2.53. The van der Waals surface area contributed by atoms with Gasteiger partial charge in [-0.1, -0.05) is 35.3 Å². The second kappa shape index (κ2) is 5.98. The highest BCUT2D eigenvalue weighted by atomic mass is 35.5. The molecular formula is C16H10Cl2N2O2. The summed E-state index contributed by atoms with van der Waals surface area (Å²) in [6, 6.07) is 12.2. The summed E-state index contributed by atoms with van der Waals surface area (Å²) in [6.07, 6.45) is -0.747.